The van der Waals surface area contributed by atoms with E-state index in [9.17, 15) is 10.0 Å². The van der Waals surface area contributed by atoms with Gasteiger partial charge in [-0.1, -0.05) is 69.3 Å². The van der Waals surface area contributed by atoms with Crippen molar-refractivity contribution >= 4 is 76.8 Å². The van der Waals surface area contributed by atoms with Crippen molar-refractivity contribution in [2.24, 2.45) is 0 Å². The fraction of sp³-hybridized carbons (Fsp3) is 0.160. The van der Waals surface area contributed by atoms with Crippen LogP contribution in [-0.2, 0) is 5.41 Å². The Morgan fingerprint density at radius 1 is 0.742 bits per heavy atom. The summed E-state index contributed by atoms with van der Waals surface area (Å²) < 4.78 is 1.86. The number of hydrogen-bond donors (Lipinski definition) is 2. The van der Waals surface area contributed by atoms with Crippen LogP contribution < -0.4 is 5.46 Å². The molecular formula is C25H22BBr2NO2. The van der Waals surface area contributed by atoms with Gasteiger partial charge in [0.05, 0.1) is 0 Å². The zero-order valence-corrected chi connectivity index (χ0v) is 20.7. The molecule has 2 N–H and O–H groups in total. The molecule has 1 heterocycles. The van der Waals surface area contributed by atoms with Gasteiger partial charge in [0.15, 0.2) is 0 Å². The highest BCUT2D eigenvalue weighted by Crippen LogP contribution is 2.37. The maximum Gasteiger partial charge on any atom is 0.488 e. The minimum absolute atomic E-state index is 0.110. The molecule has 156 valence electrons. The first-order valence-corrected chi connectivity index (χ1v) is 11.6. The summed E-state index contributed by atoms with van der Waals surface area (Å²) >= 11 is 6.48. The molecule has 31 heavy (non-hydrogen) atoms. The summed E-state index contributed by atoms with van der Waals surface area (Å²) in [6, 6.07) is 20.5. The molecule has 0 aliphatic carbocycles. The van der Waals surface area contributed by atoms with Crippen molar-refractivity contribution in [3.05, 3.63) is 81.5 Å². The van der Waals surface area contributed by atoms with Gasteiger partial charge in [-0.05, 0) is 92.8 Å². The Kier molecular flexibility index (Phi) is 6.10. The van der Waals surface area contributed by atoms with E-state index in [4.69, 9.17) is 0 Å². The zero-order chi connectivity index (χ0) is 22.3. The van der Waals surface area contributed by atoms with E-state index in [0.717, 1.165) is 19.8 Å². The zero-order valence-electron chi connectivity index (χ0n) is 17.5. The predicted molar refractivity (Wildman–Crippen MR) is 138 cm³/mol. The second kappa shape index (κ2) is 8.51. The molecule has 0 aliphatic heterocycles. The van der Waals surface area contributed by atoms with E-state index in [2.05, 4.69) is 94.0 Å². The lowest BCUT2D eigenvalue weighted by atomic mass is 9.77. The molecule has 0 atom stereocenters. The van der Waals surface area contributed by atoms with Gasteiger partial charge in [0, 0.05) is 10.7 Å². The molecule has 5 rings (SSSR count). The van der Waals surface area contributed by atoms with E-state index in [0.29, 0.717) is 5.46 Å². The van der Waals surface area contributed by atoms with Crippen molar-refractivity contribution in [2.45, 2.75) is 26.2 Å². The standard InChI is InChI=1S/C20H19BO2.C5H3Br2N/c1-20(2,3)16-8-12-4-6-14-10-17(21(22)23)11-15-7-5-13(9-16)18(12)19(14)15;6-4-1-2-5(7)8-3-4/h4-11,22-23H,1-3H3;1-3H. The number of pyridine rings is 1. The molecule has 0 saturated carbocycles. The van der Waals surface area contributed by atoms with Crippen LogP contribution in [0.5, 0.6) is 0 Å². The quantitative estimate of drug-likeness (QED) is 0.152. The minimum Gasteiger partial charge on any atom is -0.423 e. The highest BCUT2D eigenvalue weighted by atomic mass is 79.9. The fourth-order valence-electron chi connectivity index (χ4n) is 3.80. The van der Waals surface area contributed by atoms with E-state index < -0.39 is 7.12 Å². The van der Waals surface area contributed by atoms with Crippen LogP contribution in [-0.4, -0.2) is 22.2 Å². The Morgan fingerprint density at radius 3 is 1.58 bits per heavy atom. The SMILES string of the molecule is Brc1ccc(Br)nc1.CC(C)(C)c1cc2ccc3cc(B(O)O)cc4ccc(c1)c2c34. The molecule has 1 aromatic heterocycles. The largest absolute Gasteiger partial charge is 0.488 e. The van der Waals surface area contributed by atoms with E-state index >= 15 is 0 Å². The third-order valence-corrected chi connectivity index (χ3v) is 6.35. The number of benzene rings is 4. The summed E-state index contributed by atoms with van der Waals surface area (Å²) in [7, 11) is -1.44. The molecule has 0 fully saturated rings. The summed E-state index contributed by atoms with van der Waals surface area (Å²) in [5, 5.41) is 26.0. The van der Waals surface area contributed by atoms with Crippen LogP contribution in [0.4, 0.5) is 0 Å². The lowest BCUT2D eigenvalue weighted by molar-refractivity contribution is 0.426. The van der Waals surface area contributed by atoms with Crippen LogP contribution in [0, 0.1) is 0 Å². The Labute approximate surface area is 198 Å². The maximum atomic E-state index is 9.49. The minimum atomic E-state index is -1.44. The van der Waals surface area contributed by atoms with Crippen LogP contribution in [0.1, 0.15) is 26.3 Å². The summed E-state index contributed by atoms with van der Waals surface area (Å²) in [6.45, 7) is 6.69. The molecule has 0 aliphatic rings. The van der Waals surface area contributed by atoms with E-state index in [1.54, 1.807) is 6.20 Å². The molecule has 0 bridgehead atoms. The van der Waals surface area contributed by atoms with Gasteiger partial charge in [0.1, 0.15) is 4.60 Å². The molecule has 6 heteroatoms. The van der Waals surface area contributed by atoms with Crippen molar-refractivity contribution in [2.75, 3.05) is 0 Å². The van der Waals surface area contributed by atoms with Crippen molar-refractivity contribution in [3.8, 4) is 0 Å². The average molecular weight is 539 g/mol. The molecule has 0 saturated heterocycles. The summed E-state index contributed by atoms with van der Waals surface area (Å²) in [4.78, 5) is 3.95. The van der Waals surface area contributed by atoms with Crippen LogP contribution in [0.15, 0.2) is 75.9 Å². The van der Waals surface area contributed by atoms with Crippen molar-refractivity contribution in [1.82, 2.24) is 4.98 Å². The molecule has 0 unspecified atom stereocenters. The average Bonchev–Trinajstić information content (AvgIpc) is 2.73. The van der Waals surface area contributed by atoms with Gasteiger partial charge >= 0.3 is 7.12 Å². The van der Waals surface area contributed by atoms with Crippen LogP contribution in [0.2, 0.25) is 0 Å². The summed E-state index contributed by atoms with van der Waals surface area (Å²) in [5.41, 5.74) is 1.97. The third-order valence-electron chi connectivity index (χ3n) is 5.41. The highest BCUT2D eigenvalue weighted by molar-refractivity contribution is 9.11. The van der Waals surface area contributed by atoms with Crippen molar-refractivity contribution in [1.29, 1.82) is 0 Å². The molecule has 3 nitrogen and oxygen atoms in total. The summed E-state index contributed by atoms with van der Waals surface area (Å²) in [5.74, 6) is 0. The number of halogens is 2. The first-order chi connectivity index (χ1) is 14.6. The van der Waals surface area contributed by atoms with Crippen molar-refractivity contribution in [3.63, 3.8) is 0 Å². The van der Waals surface area contributed by atoms with Gasteiger partial charge < -0.3 is 10.0 Å². The fourth-order valence-corrected chi connectivity index (χ4v) is 4.27. The van der Waals surface area contributed by atoms with Crippen LogP contribution in [0.3, 0.4) is 0 Å². The lowest BCUT2D eigenvalue weighted by Crippen LogP contribution is -2.29. The number of nitrogens with zero attached hydrogens (tertiary/aromatic N) is 1. The second-order valence-electron chi connectivity index (χ2n) is 8.69. The molecule has 4 aromatic carbocycles. The van der Waals surface area contributed by atoms with Gasteiger partial charge in [-0.25, -0.2) is 4.98 Å². The monoisotopic (exact) mass is 537 g/mol. The van der Waals surface area contributed by atoms with Gasteiger partial charge in [0.2, 0.25) is 0 Å². The second-order valence-corrected chi connectivity index (χ2v) is 10.4. The maximum absolute atomic E-state index is 9.49. The summed E-state index contributed by atoms with van der Waals surface area (Å²) in [6.07, 6.45) is 1.74. The highest BCUT2D eigenvalue weighted by Gasteiger charge is 2.18. The topological polar surface area (TPSA) is 53.4 Å². The predicted octanol–water partition coefficient (Wildman–Crippen LogP) is 6.17. The van der Waals surface area contributed by atoms with Gasteiger partial charge in [0.25, 0.3) is 0 Å². The van der Waals surface area contributed by atoms with E-state index in [-0.39, 0.29) is 5.41 Å². The first-order valence-electron chi connectivity index (χ1n) is 9.99. The Balaban J connectivity index is 0.000000245. The van der Waals surface area contributed by atoms with Gasteiger partial charge in [-0.3, -0.25) is 0 Å². The Morgan fingerprint density at radius 2 is 1.23 bits per heavy atom. The molecule has 0 radical (unpaired) electrons. The lowest BCUT2D eigenvalue weighted by Gasteiger charge is -2.21. The normalized spacial score (nSPS) is 11.7. The number of aromatic nitrogens is 1. The van der Waals surface area contributed by atoms with Crippen LogP contribution in [0.25, 0.3) is 32.3 Å². The molecular weight excluding hydrogens is 517 g/mol. The van der Waals surface area contributed by atoms with E-state index in [1.165, 1.54) is 27.1 Å². The smallest absolute Gasteiger partial charge is 0.423 e. The van der Waals surface area contributed by atoms with Crippen molar-refractivity contribution < 1.29 is 10.0 Å². The first kappa shape index (κ1) is 22.2. The molecule has 0 spiro atoms. The van der Waals surface area contributed by atoms with Gasteiger partial charge in [-0.15, -0.1) is 0 Å². The van der Waals surface area contributed by atoms with Crippen LogP contribution >= 0.6 is 31.9 Å². The van der Waals surface area contributed by atoms with E-state index in [1.807, 2.05) is 24.3 Å². The number of hydrogen-bond acceptors (Lipinski definition) is 3. The Bertz CT molecular complexity index is 1270. The molecule has 0 amide bonds. The van der Waals surface area contributed by atoms with Gasteiger partial charge in [-0.2, -0.15) is 0 Å². The third kappa shape index (κ3) is 4.63. The Hall–Kier alpha value is -1.99. The molecule has 5 aromatic rings. The number of rotatable bonds is 1.